The van der Waals surface area contributed by atoms with E-state index in [1.807, 2.05) is 12.1 Å². The molecule has 3 N–H and O–H groups in total. The first-order chi connectivity index (χ1) is 16.6. The second kappa shape index (κ2) is 9.74. The van der Waals surface area contributed by atoms with Crippen molar-refractivity contribution < 1.29 is 27.2 Å². The van der Waals surface area contributed by atoms with E-state index in [-0.39, 0.29) is 35.0 Å². The summed E-state index contributed by atoms with van der Waals surface area (Å²) in [6.45, 7) is -0.610. The molecule has 2 fully saturated rings. The number of aliphatic imine (C=N–C) groups is 1. The molecule has 0 unspecified atom stereocenters. The van der Waals surface area contributed by atoms with Crippen LogP contribution in [-0.4, -0.2) is 77.3 Å². The number of pyridine rings is 1. The minimum atomic E-state index is -4.40. The van der Waals surface area contributed by atoms with Crippen LogP contribution in [0.1, 0.15) is 23.3 Å². The number of halogens is 3. The lowest BCUT2D eigenvalue weighted by atomic mass is 10.2. The third-order valence-corrected chi connectivity index (χ3v) is 5.32. The normalized spacial score (nSPS) is 20.1. The van der Waals surface area contributed by atoms with E-state index >= 15 is 0 Å². The Bertz CT molecular complexity index is 1180. The zero-order chi connectivity index (χ0) is 25.2. The molecule has 0 saturated carbocycles. The molecule has 0 aliphatic carbocycles. The number of allylic oxidation sites excluding steroid dienone is 1. The number of nitrogens with zero attached hydrogens (tertiary/aromatic N) is 5. The quantitative estimate of drug-likeness (QED) is 0.521. The fraction of sp³-hybridized carbons (Fsp3) is 0.381. The van der Waals surface area contributed by atoms with E-state index in [2.05, 4.69) is 31.0 Å². The molecular formula is C21H23F3N8O3. The molecule has 2 aliphatic heterocycles. The Labute approximate surface area is 198 Å². The number of amides is 2. The number of carbonyl (C=O) groups excluding carboxylic acids is 2. The molecule has 4 heterocycles. The van der Waals surface area contributed by atoms with Crippen LogP contribution in [0.3, 0.4) is 0 Å². The van der Waals surface area contributed by atoms with Crippen LogP contribution in [0.2, 0.25) is 0 Å². The van der Waals surface area contributed by atoms with Gasteiger partial charge in [-0.25, -0.2) is 15.0 Å². The number of anilines is 1. The smallest absolute Gasteiger partial charge is 0.405 e. The van der Waals surface area contributed by atoms with Crippen molar-refractivity contribution in [2.45, 2.75) is 25.1 Å². The molecule has 186 valence electrons. The first-order valence-corrected chi connectivity index (χ1v) is 10.6. The van der Waals surface area contributed by atoms with E-state index in [1.165, 1.54) is 31.6 Å². The minimum absolute atomic E-state index is 0.0208. The molecule has 2 aromatic heterocycles. The van der Waals surface area contributed by atoms with Crippen LogP contribution in [0.25, 0.3) is 11.5 Å². The van der Waals surface area contributed by atoms with Gasteiger partial charge in [0.25, 0.3) is 5.91 Å². The number of hydrogen-bond donors (Lipinski definition) is 3. The monoisotopic (exact) mass is 492 g/mol. The molecular weight excluding hydrogens is 469 g/mol. The Hall–Kier alpha value is -3.94. The van der Waals surface area contributed by atoms with Crippen molar-refractivity contribution in [3.8, 4) is 11.5 Å². The van der Waals surface area contributed by atoms with Gasteiger partial charge < -0.3 is 20.5 Å². The molecule has 35 heavy (non-hydrogen) atoms. The number of hydrazine groups is 1. The van der Waals surface area contributed by atoms with E-state index in [0.717, 1.165) is 6.26 Å². The highest BCUT2D eigenvalue weighted by atomic mass is 19.4. The summed E-state index contributed by atoms with van der Waals surface area (Å²) < 4.78 is 42.7. The van der Waals surface area contributed by atoms with Crippen molar-refractivity contribution in [3.63, 3.8) is 0 Å². The van der Waals surface area contributed by atoms with E-state index in [0.29, 0.717) is 30.8 Å². The average Bonchev–Trinajstić information content (AvgIpc) is 3.44. The maximum atomic E-state index is 12.9. The van der Waals surface area contributed by atoms with Crippen molar-refractivity contribution in [3.05, 3.63) is 41.8 Å². The van der Waals surface area contributed by atoms with Gasteiger partial charge in [-0.3, -0.25) is 19.5 Å². The maximum Gasteiger partial charge on any atom is 0.405 e. The van der Waals surface area contributed by atoms with Gasteiger partial charge in [-0.2, -0.15) is 13.2 Å². The second-order valence-electron chi connectivity index (χ2n) is 7.99. The molecule has 0 radical (unpaired) electrons. The van der Waals surface area contributed by atoms with Crippen molar-refractivity contribution in [2.75, 3.05) is 32.5 Å². The molecule has 1 atom stereocenters. The van der Waals surface area contributed by atoms with Crippen molar-refractivity contribution >= 4 is 23.8 Å². The van der Waals surface area contributed by atoms with Crippen molar-refractivity contribution in [2.24, 2.45) is 4.99 Å². The SMILES string of the molecule is CN=CC(NC(=O)c1coc(-c2ccnc(NCC(F)(F)F)c2)n1)=C1NN(C)C[C@H]2CCC(=O)N12. The summed E-state index contributed by atoms with van der Waals surface area (Å²) in [7, 11) is 3.36. The maximum absolute atomic E-state index is 12.9. The van der Waals surface area contributed by atoms with E-state index in [9.17, 15) is 22.8 Å². The molecule has 14 heteroatoms. The molecule has 2 amide bonds. The number of carbonyl (C=O) groups is 2. The number of oxazole rings is 1. The summed E-state index contributed by atoms with van der Waals surface area (Å²) >= 11 is 0. The van der Waals surface area contributed by atoms with Crippen LogP contribution in [0.4, 0.5) is 19.0 Å². The second-order valence-corrected chi connectivity index (χ2v) is 7.99. The topological polar surface area (TPSA) is 128 Å². The summed E-state index contributed by atoms with van der Waals surface area (Å²) in [4.78, 5) is 39.0. The molecule has 0 spiro atoms. The standard InChI is InChI=1S/C21H23F3N8O3/c1-25-8-14(18-30-31(2)9-13-3-4-17(33)32(13)18)28-19(34)15-10-35-20(29-15)12-5-6-26-16(7-12)27-11-21(22,23)24/h5-8,10,13,30H,3-4,9,11H2,1-2H3,(H,26,27)(H,28,34)/t13-/m1/s1. The minimum Gasteiger partial charge on any atom is -0.444 e. The molecule has 2 saturated heterocycles. The predicted octanol–water partition coefficient (Wildman–Crippen LogP) is 1.75. The predicted molar refractivity (Wildman–Crippen MR) is 119 cm³/mol. The third kappa shape index (κ3) is 5.59. The fourth-order valence-electron chi connectivity index (χ4n) is 3.84. The summed E-state index contributed by atoms with van der Waals surface area (Å²) in [5.41, 5.74) is 3.63. The zero-order valence-electron chi connectivity index (χ0n) is 18.9. The summed E-state index contributed by atoms with van der Waals surface area (Å²) in [5.74, 6) is -0.268. The van der Waals surface area contributed by atoms with Gasteiger partial charge in [0.15, 0.2) is 5.69 Å². The van der Waals surface area contributed by atoms with Crippen LogP contribution in [0.5, 0.6) is 0 Å². The molecule has 2 aromatic rings. The van der Waals surface area contributed by atoms with Crippen LogP contribution < -0.4 is 16.1 Å². The highest BCUT2D eigenvalue weighted by Gasteiger charge is 2.39. The lowest BCUT2D eigenvalue weighted by Crippen LogP contribution is -2.56. The number of alkyl halides is 3. The van der Waals surface area contributed by atoms with Gasteiger partial charge in [0.05, 0.1) is 6.04 Å². The first kappa shape index (κ1) is 24.2. The van der Waals surface area contributed by atoms with Gasteiger partial charge in [-0.1, -0.05) is 0 Å². The van der Waals surface area contributed by atoms with Gasteiger partial charge in [0, 0.05) is 45.0 Å². The highest BCUT2D eigenvalue weighted by Crippen LogP contribution is 2.27. The Kier molecular flexibility index (Phi) is 6.73. The molecule has 4 rings (SSSR count). The van der Waals surface area contributed by atoms with Gasteiger partial charge >= 0.3 is 6.18 Å². The Morgan fingerprint density at radius 3 is 2.97 bits per heavy atom. The first-order valence-electron chi connectivity index (χ1n) is 10.6. The number of aromatic nitrogens is 2. The molecule has 2 aliphatic rings. The number of hydrogen-bond acceptors (Lipinski definition) is 9. The van der Waals surface area contributed by atoms with Crippen molar-refractivity contribution in [1.29, 1.82) is 0 Å². The average molecular weight is 492 g/mol. The van der Waals surface area contributed by atoms with Crippen LogP contribution in [0, 0.1) is 0 Å². The third-order valence-electron chi connectivity index (χ3n) is 5.32. The molecule has 11 nitrogen and oxygen atoms in total. The number of rotatable bonds is 6. The van der Waals surface area contributed by atoms with Gasteiger partial charge in [0.1, 0.15) is 30.1 Å². The van der Waals surface area contributed by atoms with Crippen LogP contribution in [-0.2, 0) is 4.79 Å². The van der Waals surface area contributed by atoms with Gasteiger partial charge in [0.2, 0.25) is 11.8 Å². The summed E-state index contributed by atoms with van der Waals surface area (Å²) in [6.07, 6.45) is 0.562. The van der Waals surface area contributed by atoms with Crippen molar-refractivity contribution in [1.82, 2.24) is 30.6 Å². The lowest BCUT2D eigenvalue weighted by molar-refractivity contribution is -0.129. The van der Waals surface area contributed by atoms with Gasteiger partial charge in [-0.15, -0.1) is 0 Å². The molecule has 0 aromatic carbocycles. The largest absolute Gasteiger partial charge is 0.444 e. The van der Waals surface area contributed by atoms with E-state index < -0.39 is 18.6 Å². The van der Waals surface area contributed by atoms with E-state index in [1.54, 1.807) is 4.90 Å². The Morgan fingerprint density at radius 1 is 1.43 bits per heavy atom. The zero-order valence-corrected chi connectivity index (χ0v) is 18.9. The number of nitrogens with one attached hydrogen (secondary N) is 3. The van der Waals surface area contributed by atoms with Crippen LogP contribution in [0.15, 0.2) is 45.5 Å². The number of fused-ring (bicyclic) bond motifs is 1. The Balaban J connectivity index is 1.54. The summed E-state index contributed by atoms with van der Waals surface area (Å²) in [6, 6.07) is 2.80. The summed E-state index contributed by atoms with van der Waals surface area (Å²) in [5, 5.41) is 6.71. The highest BCUT2D eigenvalue weighted by molar-refractivity contribution is 5.98. The Morgan fingerprint density at radius 2 is 2.23 bits per heavy atom. The molecule has 0 bridgehead atoms. The van der Waals surface area contributed by atoms with Crippen LogP contribution >= 0.6 is 0 Å². The lowest BCUT2D eigenvalue weighted by Gasteiger charge is -2.39. The van der Waals surface area contributed by atoms with Gasteiger partial charge in [-0.05, 0) is 18.6 Å². The number of likely N-dealkylation sites (N-methyl/N-ethyl adjacent to an activating group) is 1. The fourth-order valence-corrected chi connectivity index (χ4v) is 3.84. The van der Waals surface area contributed by atoms with E-state index in [4.69, 9.17) is 4.42 Å².